The third-order valence-corrected chi connectivity index (χ3v) is 1.60. The molecular formula is C9H8ClFO. The first kappa shape index (κ1) is 9.23. The fourth-order valence-corrected chi connectivity index (χ4v) is 0.911. The predicted molar refractivity (Wildman–Crippen MR) is 47.6 cm³/mol. The zero-order valence-corrected chi connectivity index (χ0v) is 7.05. The van der Waals surface area contributed by atoms with Crippen LogP contribution in [0.25, 0.3) is 6.08 Å². The van der Waals surface area contributed by atoms with Gasteiger partial charge in [-0.1, -0.05) is 23.7 Å². The first-order valence-corrected chi connectivity index (χ1v) is 3.82. The zero-order valence-electron chi connectivity index (χ0n) is 6.30. The second-order valence-corrected chi connectivity index (χ2v) is 2.74. The molecule has 0 aromatic heterocycles. The number of rotatable bonds is 2. The summed E-state index contributed by atoms with van der Waals surface area (Å²) in [4.78, 5) is 0. The molecule has 12 heavy (non-hydrogen) atoms. The van der Waals surface area contributed by atoms with E-state index in [0.717, 1.165) is 0 Å². The molecule has 3 heteroatoms. The summed E-state index contributed by atoms with van der Waals surface area (Å²) in [6.07, 6.45) is 1.26. The van der Waals surface area contributed by atoms with Gasteiger partial charge in [0.1, 0.15) is 5.83 Å². The van der Waals surface area contributed by atoms with Gasteiger partial charge in [-0.2, -0.15) is 0 Å². The van der Waals surface area contributed by atoms with Gasteiger partial charge in [-0.05, 0) is 23.8 Å². The van der Waals surface area contributed by atoms with Crippen LogP contribution in [0.1, 0.15) is 5.56 Å². The van der Waals surface area contributed by atoms with Crippen molar-refractivity contribution in [1.29, 1.82) is 0 Å². The number of aliphatic hydroxyl groups is 1. The van der Waals surface area contributed by atoms with Gasteiger partial charge in [0.25, 0.3) is 0 Å². The van der Waals surface area contributed by atoms with Crippen molar-refractivity contribution in [3.63, 3.8) is 0 Å². The maximum Gasteiger partial charge on any atom is 0.126 e. The zero-order chi connectivity index (χ0) is 8.97. The van der Waals surface area contributed by atoms with Crippen molar-refractivity contribution in [3.8, 4) is 0 Å². The van der Waals surface area contributed by atoms with Crippen molar-refractivity contribution in [2.75, 3.05) is 6.61 Å². The Bertz CT molecular complexity index is 279. The Labute approximate surface area is 75.1 Å². The van der Waals surface area contributed by atoms with E-state index in [4.69, 9.17) is 16.7 Å². The largest absolute Gasteiger partial charge is 0.389 e. The van der Waals surface area contributed by atoms with Gasteiger partial charge in [-0.3, -0.25) is 0 Å². The van der Waals surface area contributed by atoms with Crippen LogP contribution in [0, 0.1) is 0 Å². The van der Waals surface area contributed by atoms with Crippen LogP contribution in [0.5, 0.6) is 0 Å². The molecule has 1 N–H and O–H groups in total. The minimum absolute atomic E-state index is 0.558. The molecule has 64 valence electrons. The summed E-state index contributed by atoms with van der Waals surface area (Å²) < 4.78 is 12.5. The topological polar surface area (TPSA) is 20.2 Å². The van der Waals surface area contributed by atoms with Crippen molar-refractivity contribution in [2.24, 2.45) is 0 Å². The van der Waals surface area contributed by atoms with Gasteiger partial charge in [-0.25, -0.2) is 4.39 Å². The minimum Gasteiger partial charge on any atom is -0.389 e. The van der Waals surface area contributed by atoms with E-state index < -0.39 is 12.4 Å². The predicted octanol–water partition coefficient (Wildman–Crippen LogP) is 2.64. The lowest BCUT2D eigenvalue weighted by molar-refractivity contribution is 0.300. The average molecular weight is 187 g/mol. The van der Waals surface area contributed by atoms with E-state index in [0.29, 0.717) is 10.6 Å². The van der Waals surface area contributed by atoms with Crippen LogP contribution in [0.4, 0.5) is 4.39 Å². The Morgan fingerprint density at radius 3 is 2.50 bits per heavy atom. The first-order chi connectivity index (χ1) is 5.72. The molecule has 0 atom stereocenters. The second kappa shape index (κ2) is 4.24. The number of hydrogen-bond acceptors (Lipinski definition) is 1. The summed E-state index contributed by atoms with van der Waals surface area (Å²) >= 11 is 5.62. The van der Waals surface area contributed by atoms with Gasteiger partial charge in [0.05, 0.1) is 6.61 Å². The lowest BCUT2D eigenvalue weighted by Gasteiger charge is -1.93. The molecular weight excluding hydrogens is 179 g/mol. The third-order valence-electron chi connectivity index (χ3n) is 1.34. The highest BCUT2D eigenvalue weighted by atomic mass is 35.5. The molecule has 0 aliphatic carbocycles. The number of aliphatic hydroxyl groups excluding tert-OH is 1. The summed E-state index contributed by atoms with van der Waals surface area (Å²) in [5, 5.41) is 8.99. The molecule has 0 amide bonds. The molecule has 0 bridgehead atoms. The second-order valence-electron chi connectivity index (χ2n) is 2.30. The molecule has 0 fully saturated rings. The number of halogens is 2. The molecule has 1 rings (SSSR count). The SMILES string of the molecule is OC/C(F)=C/c1ccc(Cl)cc1. The van der Waals surface area contributed by atoms with Crippen molar-refractivity contribution in [2.45, 2.75) is 0 Å². The fraction of sp³-hybridized carbons (Fsp3) is 0.111. The molecule has 0 saturated heterocycles. The van der Waals surface area contributed by atoms with Crippen LogP contribution in [0.15, 0.2) is 30.1 Å². The van der Waals surface area contributed by atoms with E-state index in [9.17, 15) is 4.39 Å². The molecule has 0 radical (unpaired) electrons. The molecule has 0 aliphatic rings. The van der Waals surface area contributed by atoms with Crippen LogP contribution in [0.2, 0.25) is 5.02 Å². The lowest BCUT2D eigenvalue weighted by Crippen LogP contribution is -1.81. The molecule has 1 nitrogen and oxygen atoms in total. The third kappa shape index (κ3) is 2.64. The average Bonchev–Trinajstić information content (AvgIpc) is 2.09. The minimum atomic E-state index is -0.567. The number of hydrogen-bond donors (Lipinski definition) is 1. The van der Waals surface area contributed by atoms with Crippen LogP contribution < -0.4 is 0 Å². The molecule has 0 aliphatic heterocycles. The summed E-state index contributed by atoms with van der Waals surface area (Å²) in [5.74, 6) is -0.558. The van der Waals surface area contributed by atoms with Gasteiger partial charge in [0.15, 0.2) is 0 Å². The van der Waals surface area contributed by atoms with Crippen LogP contribution in [0.3, 0.4) is 0 Å². The van der Waals surface area contributed by atoms with E-state index in [1.165, 1.54) is 6.08 Å². The normalized spacial score (nSPS) is 11.8. The van der Waals surface area contributed by atoms with E-state index in [1.807, 2.05) is 0 Å². The molecule has 0 saturated carbocycles. The number of benzene rings is 1. The van der Waals surface area contributed by atoms with Gasteiger partial charge in [-0.15, -0.1) is 0 Å². The van der Waals surface area contributed by atoms with E-state index >= 15 is 0 Å². The van der Waals surface area contributed by atoms with Gasteiger partial charge >= 0.3 is 0 Å². The van der Waals surface area contributed by atoms with E-state index in [2.05, 4.69) is 0 Å². The molecule has 1 aromatic rings. The Balaban J connectivity index is 2.84. The highest BCUT2D eigenvalue weighted by molar-refractivity contribution is 6.30. The Morgan fingerprint density at radius 1 is 1.42 bits per heavy atom. The Kier molecular flexibility index (Phi) is 3.26. The van der Waals surface area contributed by atoms with Crippen LogP contribution >= 0.6 is 11.6 Å². The molecule has 0 heterocycles. The van der Waals surface area contributed by atoms with Crippen molar-refractivity contribution in [3.05, 3.63) is 40.7 Å². The van der Waals surface area contributed by atoms with Gasteiger partial charge in [0, 0.05) is 5.02 Å². The summed E-state index contributed by atoms with van der Waals surface area (Å²) in [5.41, 5.74) is 0.686. The van der Waals surface area contributed by atoms with Crippen LogP contribution in [-0.4, -0.2) is 11.7 Å². The summed E-state index contributed by atoms with van der Waals surface area (Å²) in [6, 6.07) is 6.69. The highest BCUT2D eigenvalue weighted by Crippen LogP contribution is 2.12. The molecule has 0 unspecified atom stereocenters. The molecule has 0 spiro atoms. The van der Waals surface area contributed by atoms with Crippen LogP contribution in [-0.2, 0) is 0 Å². The summed E-state index contributed by atoms with van der Waals surface area (Å²) in [6.45, 7) is -0.567. The van der Waals surface area contributed by atoms with Crippen molar-refractivity contribution < 1.29 is 9.50 Å². The Hall–Kier alpha value is -0.860. The summed E-state index contributed by atoms with van der Waals surface area (Å²) in [7, 11) is 0. The first-order valence-electron chi connectivity index (χ1n) is 3.45. The Morgan fingerprint density at radius 2 is 2.00 bits per heavy atom. The van der Waals surface area contributed by atoms with Gasteiger partial charge < -0.3 is 5.11 Å². The maximum atomic E-state index is 12.5. The van der Waals surface area contributed by atoms with Crippen molar-refractivity contribution >= 4 is 17.7 Å². The maximum absolute atomic E-state index is 12.5. The van der Waals surface area contributed by atoms with E-state index in [-0.39, 0.29) is 0 Å². The lowest BCUT2D eigenvalue weighted by atomic mass is 10.2. The standard InChI is InChI=1S/C9H8ClFO/c10-8-3-1-7(2-4-8)5-9(11)6-12/h1-5,12H,6H2/b9-5-. The van der Waals surface area contributed by atoms with E-state index in [1.54, 1.807) is 24.3 Å². The molecule has 1 aromatic carbocycles. The quantitative estimate of drug-likeness (QED) is 0.753. The van der Waals surface area contributed by atoms with Crippen molar-refractivity contribution in [1.82, 2.24) is 0 Å². The fourth-order valence-electron chi connectivity index (χ4n) is 0.785. The smallest absolute Gasteiger partial charge is 0.126 e. The highest BCUT2D eigenvalue weighted by Gasteiger charge is 1.92. The van der Waals surface area contributed by atoms with Gasteiger partial charge in [0.2, 0.25) is 0 Å². The monoisotopic (exact) mass is 186 g/mol.